The number of methoxy groups -OCH3 is 5. The van der Waals surface area contributed by atoms with Gasteiger partial charge in [-0.15, -0.1) is 0 Å². The monoisotopic (exact) mass is 519 g/mol. The Morgan fingerprint density at radius 3 is 1.78 bits per heavy atom. The lowest BCUT2D eigenvalue weighted by Gasteiger charge is -2.14. The van der Waals surface area contributed by atoms with Crippen molar-refractivity contribution in [3.63, 3.8) is 0 Å². The maximum atomic E-state index is 14.1. The van der Waals surface area contributed by atoms with Gasteiger partial charge in [-0.2, -0.15) is 0 Å². The molecule has 11 heteroatoms. The first-order valence-corrected chi connectivity index (χ1v) is 11.9. The van der Waals surface area contributed by atoms with Gasteiger partial charge in [-0.25, -0.2) is 12.8 Å². The third-order valence-corrected chi connectivity index (χ3v) is 6.51. The molecule has 3 rings (SSSR count). The quantitative estimate of drug-likeness (QED) is 0.297. The number of nitrogens with one attached hydrogen (secondary N) is 1. The molecule has 0 aromatic heterocycles. The topological polar surface area (TPSA) is 113 Å². The van der Waals surface area contributed by atoms with Crippen molar-refractivity contribution in [2.24, 2.45) is 0 Å². The van der Waals surface area contributed by atoms with Gasteiger partial charge in [-0.1, -0.05) is 12.2 Å². The van der Waals surface area contributed by atoms with Crippen LogP contribution in [0.4, 0.5) is 10.1 Å². The predicted molar refractivity (Wildman–Crippen MR) is 133 cm³/mol. The molecule has 0 saturated heterocycles. The number of halogens is 1. The van der Waals surface area contributed by atoms with E-state index in [0.29, 0.717) is 28.4 Å². The molecule has 0 atom stereocenters. The summed E-state index contributed by atoms with van der Waals surface area (Å²) in [6, 6.07) is 9.60. The SMILES string of the molecule is COc1ccc(S(=O)(=O)Nc2cc(C=Cc3cc(OC)c(OC)c(OC)c3)cc(OC)c2O)cc1F. The summed E-state index contributed by atoms with van der Waals surface area (Å²) in [5.74, 6) is 0.0114. The van der Waals surface area contributed by atoms with Gasteiger partial charge in [-0.3, -0.25) is 4.72 Å². The van der Waals surface area contributed by atoms with Crippen molar-refractivity contribution in [2.75, 3.05) is 40.3 Å². The minimum absolute atomic E-state index is 0.0284. The van der Waals surface area contributed by atoms with Crippen molar-refractivity contribution in [1.29, 1.82) is 0 Å². The molecule has 3 aromatic carbocycles. The van der Waals surface area contributed by atoms with Gasteiger partial charge in [0.25, 0.3) is 10.0 Å². The summed E-state index contributed by atoms with van der Waals surface area (Å²) < 4.78 is 68.2. The molecule has 9 nitrogen and oxygen atoms in total. The molecule has 192 valence electrons. The van der Waals surface area contributed by atoms with Crippen molar-refractivity contribution in [3.8, 4) is 34.5 Å². The minimum atomic E-state index is -4.25. The standard InChI is InChI=1S/C25H26FNO8S/c1-31-20-9-8-17(14-18(20)26)36(29,30)27-19-10-15(11-21(32-2)24(19)28)6-7-16-12-22(33-3)25(35-5)23(13-16)34-4/h6-14,27-28H,1-5H3. The van der Waals surface area contributed by atoms with Gasteiger partial charge < -0.3 is 28.8 Å². The van der Waals surface area contributed by atoms with Crippen LogP contribution in [0, 0.1) is 5.82 Å². The largest absolute Gasteiger partial charge is 0.503 e. The molecule has 0 aliphatic heterocycles. The fraction of sp³-hybridized carbons (Fsp3) is 0.200. The second kappa shape index (κ2) is 11.1. The Bertz CT molecular complexity index is 1360. The zero-order valence-electron chi connectivity index (χ0n) is 20.3. The summed E-state index contributed by atoms with van der Waals surface area (Å²) in [6.45, 7) is 0. The van der Waals surface area contributed by atoms with Gasteiger partial charge >= 0.3 is 0 Å². The highest BCUT2D eigenvalue weighted by Crippen LogP contribution is 2.40. The molecule has 0 bridgehead atoms. The summed E-state index contributed by atoms with van der Waals surface area (Å²) in [6.07, 6.45) is 3.40. The van der Waals surface area contributed by atoms with E-state index in [1.54, 1.807) is 24.3 Å². The van der Waals surface area contributed by atoms with Crippen molar-refractivity contribution >= 4 is 27.9 Å². The summed E-state index contributed by atoms with van der Waals surface area (Å²) in [5, 5.41) is 10.5. The first-order chi connectivity index (χ1) is 17.2. The van der Waals surface area contributed by atoms with E-state index in [9.17, 15) is 17.9 Å². The Balaban J connectivity index is 1.99. The number of phenols is 1. The number of anilines is 1. The average molecular weight is 520 g/mol. The second-order valence-corrected chi connectivity index (χ2v) is 9.00. The van der Waals surface area contributed by atoms with Crippen LogP contribution in [0.15, 0.2) is 47.4 Å². The first-order valence-electron chi connectivity index (χ1n) is 10.4. The molecule has 0 unspecified atom stereocenters. The Morgan fingerprint density at radius 1 is 0.750 bits per heavy atom. The second-order valence-electron chi connectivity index (χ2n) is 7.31. The van der Waals surface area contributed by atoms with Crippen LogP contribution in [0.3, 0.4) is 0 Å². The fourth-order valence-corrected chi connectivity index (χ4v) is 4.44. The van der Waals surface area contributed by atoms with Crippen LogP contribution < -0.4 is 28.4 Å². The van der Waals surface area contributed by atoms with Gasteiger partial charge in [0.15, 0.2) is 34.6 Å². The van der Waals surface area contributed by atoms with E-state index in [0.717, 1.165) is 6.07 Å². The van der Waals surface area contributed by atoms with Gasteiger partial charge in [0.2, 0.25) is 5.75 Å². The fourth-order valence-electron chi connectivity index (χ4n) is 3.37. The number of hydrogen-bond acceptors (Lipinski definition) is 8. The molecular formula is C25H26FNO8S. The third-order valence-electron chi connectivity index (χ3n) is 5.15. The zero-order valence-corrected chi connectivity index (χ0v) is 21.1. The van der Waals surface area contributed by atoms with Gasteiger partial charge in [0, 0.05) is 0 Å². The molecule has 0 aliphatic carbocycles. The van der Waals surface area contributed by atoms with Crippen LogP contribution in [0.2, 0.25) is 0 Å². The Morgan fingerprint density at radius 2 is 1.28 bits per heavy atom. The van der Waals surface area contributed by atoms with Crippen molar-refractivity contribution in [1.82, 2.24) is 0 Å². The van der Waals surface area contributed by atoms with Crippen molar-refractivity contribution in [3.05, 3.63) is 59.4 Å². The van der Waals surface area contributed by atoms with E-state index in [-0.39, 0.29) is 22.1 Å². The predicted octanol–water partition coefficient (Wildman–Crippen LogP) is 4.55. The number of hydrogen-bond donors (Lipinski definition) is 2. The number of rotatable bonds is 10. The highest BCUT2D eigenvalue weighted by Gasteiger charge is 2.20. The lowest BCUT2D eigenvalue weighted by molar-refractivity contribution is 0.324. The lowest BCUT2D eigenvalue weighted by atomic mass is 10.1. The molecule has 0 fully saturated rings. The van der Waals surface area contributed by atoms with Crippen LogP contribution >= 0.6 is 0 Å². The van der Waals surface area contributed by atoms with E-state index >= 15 is 0 Å². The van der Waals surface area contributed by atoms with Crippen LogP contribution in [0.5, 0.6) is 34.5 Å². The van der Waals surface area contributed by atoms with Crippen LogP contribution in [-0.2, 0) is 10.0 Å². The molecule has 0 spiro atoms. The van der Waals surface area contributed by atoms with Crippen LogP contribution in [-0.4, -0.2) is 49.1 Å². The Kier molecular flexibility index (Phi) is 8.15. The number of aromatic hydroxyl groups is 1. The smallest absolute Gasteiger partial charge is 0.262 e. The van der Waals surface area contributed by atoms with Crippen molar-refractivity contribution in [2.45, 2.75) is 4.90 Å². The Hall–Kier alpha value is -4.12. The molecule has 0 radical (unpaired) electrons. The zero-order chi connectivity index (χ0) is 26.5. The van der Waals surface area contributed by atoms with E-state index in [1.165, 1.54) is 59.8 Å². The lowest BCUT2D eigenvalue weighted by Crippen LogP contribution is -2.13. The Labute approximate surface area is 208 Å². The summed E-state index contributed by atoms with van der Waals surface area (Å²) in [4.78, 5) is -0.350. The van der Waals surface area contributed by atoms with E-state index < -0.39 is 21.6 Å². The number of sulfonamides is 1. The minimum Gasteiger partial charge on any atom is -0.503 e. The van der Waals surface area contributed by atoms with Gasteiger partial charge in [0.05, 0.1) is 46.1 Å². The number of benzene rings is 3. The normalized spacial score (nSPS) is 11.3. The van der Waals surface area contributed by atoms with E-state index in [4.69, 9.17) is 23.7 Å². The van der Waals surface area contributed by atoms with Gasteiger partial charge in [-0.05, 0) is 53.6 Å². The molecule has 0 heterocycles. The molecule has 3 aromatic rings. The number of ether oxygens (including phenoxy) is 5. The highest BCUT2D eigenvalue weighted by atomic mass is 32.2. The van der Waals surface area contributed by atoms with E-state index in [2.05, 4.69) is 4.72 Å². The average Bonchev–Trinajstić information content (AvgIpc) is 2.87. The van der Waals surface area contributed by atoms with Gasteiger partial charge in [0.1, 0.15) is 0 Å². The molecule has 0 amide bonds. The third kappa shape index (κ3) is 5.57. The summed E-state index contributed by atoms with van der Waals surface area (Å²) in [5.41, 5.74) is 1.04. The maximum absolute atomic E-state index is 14.1. The first kappa shape index (κ1) is 26.5. The molecule has 0 aliphatic rings. The highest BCUT2D eigenvalue weighted by molar-refractivity contribution is 7.92. The molecule has 2 N–H and O–H groups in total. The molecular weight excluding hydrogens is 493 g/mol. The number of phenolic OH excluding ortho intramolecular Hbond substituents is 1. The molecule has 0 saturated carbocycles. The summed E-state index contributed by atoms with van der Waals surface area (Å²) >= 11 is 0. The van der Waals surface area contributed by atoms with Crippen LogP contribution in [0.25, 0.3) is 12.2 Å². The van der Waals surface area contributed by atoms with Crippen molar-refractivity contribution < 1.29 is 41.6 Å². The maximum Gasteiger partial charge on any atom is 0.262 e. The van der Waals surface area contributed by atoms with Crippen LogP contribution in [0.1, 0.15) is 11.1 Å². The van der Waals surface area contributed by atoms with E-state index in [1.807, 2.05) is 0 Å². The summed E-state index contributed by atoms with van der Waals surface area (Å²) in [7, 11) is 2.86. The molecule has 36 heavy (non-hydrogen) atoms.